The lowest BCUT2D eigenvalue weighted by atomic mass is 10.0. The van der Waals surface area contributed by atoms with E-state index in [4.69, 9.17) is 9.72 Å². The van der Waals surface area contributed by atoms with Gasteiger partial charge in [-0.1, -0.05) is 42.5 Å². The number of hydrogen-bond donors (Lipinski definition) is 0. The highest BCUT2D eigenvalue weighted by molar-refractivity contribution is 5.79. The van der Waals surface area contributed by atoms with E-state index in [0.29, 0.717) is 12.2 Å². The first-order valence-corrected chi connectivity index (χ1v) is 8.55. The van der Waals surface area contributed by atoms with Gasteiger partial charge in [0, 0.05) is 29.3 Å². The summed E-state index contributed by atoms with van der Waals surface area (Å²) >= 11 is 0. The topological polar surface area (TPSA) is 47.9 Å². The molecule has 0 saturated heterocycles. The SMILES string of the molecule is COc1ccccc1Cc1nc(-c2ncc3ccccc3n2)ccc1C. The second-order valence-electron chi connectivity index (χ2n) is 6.20. The number of nitrogens with zero attached hydrogens (tertiary/aromatic N) is 3. The Balaban J connectivity index is 1.73. The number of pyridine rings is 1. The molecule has 0 N–H and O–H groups in total. The summed E-state index contributed by atoms with van der Waals surface area (Å²) in [6.07, 6.45) is 2.55. The molecule has 4 rings (SSSR count). The molecule has 0 atom stereocenters. The lowest BCUT2D eigenvalue weighted by molar-refractivity contribution is 0.410. The summed E-state index contributed by atoms with van der Waals surface area (Å²) in [5.74, 6) is 1.52. The van der Waals surface area contributed by atoms with Gasteiger partial charge in [0.15, 0.2) is 5.82 Å². The molecule has 26 heavy (non-hydrogen) atoms. The van der Waals surface area contributed by atoms with Crippen molar-refractivity contribution in [1.82, 2.24) is 15.0 Å². The number of benzene rings is 2. The van der Waals surface area contributed by atoms with E-state index in [0.717, 1.165) is 39.2 Å². The Labute approximate surface area is 152 Å². The summed E-state index contributed by atoms with van der Waals surface area (Å²) < 4.78 is 5.47. The van der Waals surface area contributed by atoms with E-state index in [1.807, 2.05) is 54.7 Å². The molecule has 0 radical (unpaired) electrons. The smallest absolute Gasteiger partial charge is 0.178 e. The maximum Gasteiger partial charge on any atom is 0.178 e. The largest absolute Gasteiger partial charge is 0.496 e. The van der Waals surface area contributed by atoms with Gasteiger partial charge in [0.05, 0.1) is 12.6 Å². The maximum atomic E-state index is 5.47. The summed E-state index contributed by atoms with van der Waals surface area (Å²) in [5.41, 5.74) is 4.96. The zero-order chi connectivity index (χ0) is 17.9. The Morgan fingerprint density at radius 3 is 2.58 bits per heavy atom. The summed E-state index contributed by atoms with van der Waals surface area (Å²) in [5, 5.41) is 1.03. The van der Waals surface area contributed by atoms with E-state index < -0.39 is 0 Å². The van der Waals surface area contributed by atoms with Crippen molar-refractivity contribution in [3.8, 4) is 17.3 Å². The fourth-order valence-electron chi connectivity index (χ4n) is 3.00. The molecule has 0 bridgehead atoms. The Bertz CT molecular complexity index is 1080. The van der Waals surface area contributed by atoms with Gasteiger partial charge in [0.25, 0.3) is 0 Å². The van der Waals surface area contributed by atoms with Gasteiger partial charge in [-0.15, -0.1) is 0 Å². The van der Waals surface area contributed by atoms with Crippen LogP contribution in [0.2, 0.25) is 0 Å². The lowest BCUT2D eigenvalue weighted by Crippen LogP contribution is -2.01. The minimum Gasteiger partial charge on any atom is -0.496 e. The number of ether oxygens (including phenoxy) is 1. The van der Waals surface area contributed by atoms with E-state index in [1.54, 1.807) is 7.11 Å². The molecular weight excluding hydrogens is 322 g/mol. The van der Waals surface area contributed by atoms with Gasteiger partial charge in [0.2, 0.25) is 0 Å². The maximum absolute atomic E-state index is 5.47. The van der Waals surface area contributed by atoms with Crippen LogP contribution in [0.3, 0.4) is 0 Å². The van der Waals surface area contributed by atoms with Gasteiger partial charge in [-0.25, -0.2) is 15.0 Å². The summed E-state index contributed by atoms with van der Waals surface area (Å²) in [4.78, 5) is 14.0. The molecule has 4 nitrogen and oxygen atoms in total. The predicted molar refractivity (Wildman–Crippen MR) is 103 cm³/mol. The molecule has 128 valence electrons. The average molecular weight is 341 g/mol. The zero-order valence-corrected chi connectivity index (χ0v) is 14.8. The monoisotopic (exact) mass is 341 g/mol. The van der Waals surface area contributed by atoms with Gasteiger partial charge in [-0.3, -0.25) is 0 Å². The molecule has 4 aromatic rings. The molecular formula is C22H19N3O. The van der Waals surface area contributed by atoms with Crippen LogP contribution in [0.15, 0.2) is 66.9 Å². The molecule has 0 aliphatic heterocycles. The van der Waals surface area contributed by atoms with Crippen molar-refractivity contribution >= 4 is 10.9 Å². The standard InChI is InChI=1S/C22H19N3O/c1-15-11-12-19(22-23-14-17-8-3-5-9-18(17)25-22)24-20(15)13-16-7-4-6-10-21(16)26-2/h3-12,14H,13H2,1-2H3. The third kappa shape index (κ3) is 3.14. The van der Waals surface area contributed by atoms with Crippen LogP contribution in [0, 0.1) is 6.92 Å². The van der Waals surface area contributed by atoms with Crippen molar-refractivity contribution in [3.63, 3.8) is 0 Å². The molecule has 0 saturated carbocycles. The number of rotatable bonds is 4. The van der Waals surface area contributed by atoms with Crippen molar-refractivity contribution in [1.29, 1.82) is 0 Å². The van der Waals surface area contributed by atoms with Crippen LogP contribution in [-0.2, 0) is 6.42 Å². The third-order valence-electron chi connectivity index (χ3n) is 4.47. The van der Waals surface area contributed by atoms with E-state index in [9.17, 15) is 0 Å². The molecule has 0 amide bonds. The number of hydrogen-bond acceptors (Lipinski definition) is 4. The number of fused-ring (bicyclic) bond motifs is 1. The molecule has 0 fully saturated rings. The first-order chi connectivity index (χ1) is 12.7. The van der Waals surface area contributed by atoms with Gasteiger partial charge in [0.1, 0.15) is 11.4 Å². The first-order valence-electron chi connectivity index (χ1n) is 8.55. The van der Waals surface area contributed by atoms with E-state index in [-0.39, 0.29) is 0 Å². The second-order valence-corrected chi connectivity index (χ2v) is 6.20. The van der Waals surface area contributed by atoms with Crippen molar-refractivity contribution in [2.45, 2.75) is 13.3 Å². The minimum absolute atomic E-state index is 0.643. The number of methoxy groups -OCH3 is 1. The van der Waals surface area contributed by atoms with Crippen molar-refractivity contribution in [3.05, 3.63) is 83.7 Å². The van der Waals surface area contributed by atoms with Crippen LogP contribution in [0.4, 0.5) is 0 Å². The van der Waals surface area contributed by atoms with Crippen LogP contribution < -0.4 is 4.74 Å². The van der Waals surface area contributed by atoms with Crippen molar-refractivity contribution in [2.24, 2.45) is 0 Å². The van der Waals surface area contributed by atoms with Crippen LogP contribution in [-0.4, -0.2) is 22.1 Å². The molecule has 2 aromatic heterocycles. The molecule has 2 aromatic carbocycles. The van der Waals surface area contributed by atoms with Crippen LogP contribution in [0.25, 0.3) is 22.4 Å². The predicted octanol–water partition coefficient (Wildman–Crippen LogP) is 4.60. The normalized spacial score (nSPS) is 10.8. The van der Waals surface area contributed by atoms with Crippen molar-refractivity contribution < 1.29 is 4.74 Å². The van der Waals surface area contributed by atoms with Crippen LogP contribution >= 0.6 is 0 Å². The zero-order valence-electron chi connectivity index (χ0n) is 14.8. The number of aromatic nitrogens is 3. The van der Waals surface area contributed by atoms with Crippen molar-refractivity contribution in [2.75, 3.05) is 7.11 Å². The van der Waals surface area contributed by atoms with E-state index in [2.05, 4.69) is 29.0 Å². The number of para-hydroxylation sites is 2. The van der Waals surface area contributed by atoms with Gasteiger partial charge >= 0.3 is 0 Å². The molecule has 0 aliphatic carbocycles. The molecule has 0 unspecified atom stereocenters. The highest BCUT2D eigenvalue weighted by Gasteiger charge is 2.10. The minimum atomic E-state index is 0.643. The highest BCUT2D eigenvalue weighted by atomic mass is 16.5. The fraction of sp³-hybridized carbons (Fsp3) is 0.136. The average Bonchev–Trinajstić information content (AvgIpc) is 2.69. The summed E-state index contributed by atoms with van der Waals surface area (Å²) in [7, 11) is 1.69. The molecule has 0 aliphatic rings. The van der Waals surface area contributed by atoms with Crippen LogP contribution in [0.5, 0.6) is 5.75 Å². The Hall–Kier alpha value is -3.27. The number of aryl methyl sites for hydroxylation is 1. The molecule has 0 spiro atoms. The Morgan fingerprint density at radius 1 is 0.885 bits per heavy atom. The Morgan fingerprint density at radius 2 is 1.69 bits per heavy atom. The van der Waals surface area contributed by atoms with Gasteiger partial charge in [-0.05, 0) is 30.7 Å². The fourth-order valence-corrected chi connectivity index (χ4v) is 3.00. The summed E-state index contributed by atoms with van der Waals surface area (Å²) in [6, 6.07) is 20.1. The van der Waals surface area contributed by atoms with Crippen LogP contribution in [0.1, 0.15) is 16.8 Å². The molecule has 4 heteroatoms. The highest BCUT2D eigenvalue weighted by Crippen LogP contribution is 2.24. The van der Waals surface area contributed by atoms with Gasteiger partial charge < -0.3 is 4.74 Å². The lowest BCUT2D eigenvalue weighted by Gasteiger charge is -2.11. The second kappa shape index (κ2) is 6.92. The first kappa shape index (κ1) is 16.2. The van der Waals surface area contributed by atoms with Gasteiger partial charge in [-0.2, -0.15) is 0 Å². The summed E-state index contributed by atoms with van der Waals surface area (Å²) in [6.45, 7) is 2.07. The molecule has 2 heterocycles. The quantitative estimate of drug-likeness (QED) is 0.544. The Kier molecular flexibility index (Phi) is 4.32. The van der Waals surface area contributed by atoms with E-state index in [1.165, 1.54) is 0 Å². The van der Waals surface area contributed by atoms with E-state index >= 15 is 0 Å². The third-order valence-corrected chi connectivity index (χ3v) is 4.47.